The van der Waals surface area contributed by atoms with E-state index in [-0.39, 0.29) is 11.3 Å². The maximum absolute atomic E-state index is 12.7. The summed E-state index contributed by atoms with van der Waals surface area (Å²) in [4.78, 5) is 3.82. The quantitative estimate of drug-likeness (QED) is 0.898. The van der Waals surface area contributed by atoms with E-state index < -0.39 is 17.8 Å². The minimum atomic E-state index is -4.48. The van der Waals surface area contributed by atoms with Gasteiger partial charge < -0.3 is 5.11 Å². The van der Waals surface area contributed by atoms with Crippen LogP contribution < -0.4 is 0 Å². The molecule has 0 aliphatic heterocycles. The maximum Gasteiger partial charge on any atom is 0.416 e. The molecule has 0 amide bonds. The average Bonchev–Trinajstić information content (AvgIpc) is 2.80. The first-order chi connectivity index (χ1) is 8.00. The minimum absolute atomic E-state index is 0.175. The molecule has 1 N–H and O–H groups in total. The number of rotatable bonds is 2. The maximum atomic E-state index is 12.7. The molecule has 90 valence electrons. The second-order valence-electron chi connectivity index (χ2n) is 3.40. The predicted molar refractivity (Wildman–Crippen MR) is 57.6 cm³/mol. The summed E-state index contributed by atoms with van der Waals surface area (Å²) in [6.07, 6.45) is -5.83. The molecule has 0 aliphatic carbocycles. The number of benzene rings is 1. The number of alkyl halides is 3. The minimum Gasteiger partial charge on any atom is -0.382 e. The van der Waals surface area contributed by atoms with Crippen molar-refractivity contribution in [3.63, 3.8) is 0 Å². The highest BCUT2D eigenvalue weighted by Gasteiger charge is 2.35. The van der Waals surface area contributed by atoms with Gasteiger partial charge in [0.1, 0.15) is 6.10 Å². The third-order valence-corrected chi connectivity index (χ3v) is 2.90. The highest BCUT2D eigenvalue weighted by molar-refractivity contribution is 7.07. The van der Waals surface area contributed by atoms with Crippen molar-refractivity contribution in [1.29, 1.82) is 0 Å². The van der Waals surface area contributed by atoms with Gasteiger partial charge >= 0.3 is 6.18 Å². The molecule has 1 heterocycles. The van der Waals surface area contributed by atoms with Crippen LogP contribution in [-0.2, 0) is 6.18 Å². The monoisotopic (exact) mass is 259 g/mol. The van der Waals surface area contributed by atoms with Gasteiger partial charge in [-0.05, 0) is 11.6 Å². The van der Waals surface area contributed by atoms with Crippen LogP contribution in [0.25, 0.3) is 0 Å². The van der Waals surface area contributed by atoms with Gasteiger partial charge in [-0.25, -0.2) is 4.98 Å². The Bertz CT molecular complexity index is 496. The van der Waals surface area contributed by atoms with E-state index in [2.05, 4.69) is 4.98 Å². The molecular weight excluding hydrogens is 251 g/mol. The summed E-state index contributed by atoms with van der Waals surface area (Å²) in [5.74, 6) is 0. The van der Waals surface area contributed by atoms with E-state index >= 15 is 0 Å². The smallest absolute Gasteiger partial charge is 0.382 e. The molecule has 1 atom stereocenters. The average molecular weight is 259 g/mol. The highest BCUT2D eigenvalue weighted by Crippen LogP contribution is 2.36. The van der Waals surface area contributed by atoms with E-state index in [0.29, 0.717) is 0 Å². The van der Waals surface area contributed by atoms with Crippen molar-refractivity contribution in [2.24, 2.45) is 0 Å². The Balaban J connectivity index is 2.46. The number of aliphatic hydroxyl groups excluding tert-OH is 1. The van der Waals surface area contributed by atoms with Crippen LogP contribution in [0.5, 0.6) is 0 Å². The van der Waals surface area contributed by atoms with Crippen LogP contribution in [0.2, 0.25) is 0 Å². The van der Waals surface area contributed by atoms with Gasteiger partial charge in [-0.1, -0.05) is 18.2 Å². The topological polar surface area (TPSA) is 33.1 Å². The number of nitrogens with zero attached hydrogens (tertiary/aromatic N) is 1. The Morgan fingerprint density at radius 1 is 1.24 bits per heavy atom. The highest BCUT2D eigenvalue weighted by atomic mass is 32.1. The molecule has 17 heavy (non-hydrogen) atoms. The third kappa shape index (κ3) is 2.48. The lowest BCUT2D eigenvalue weighted by Crippen LogP contribution is -2.12. The second kappa shape index (κ2) is 4.46. The van der Waals surface area contributed by atoms with Crippen LogP contribution in [0.3, 0.4) is 0 Å². The zero-order valence-electron chi connectivity index (χ0n) is 8.48. The number of hydrogen-bond acceptors (Lipinski definition) is 3. The molecule has 1 aromatic carbocycles. The summed E-state index contributed by atoms with van der Waals surface area (Å²) >= 11 is 1.22. The Kier molecular flexibility index (Phi) is 3.17. The fraction of sp³-hybridized carbons (Fsp3) is 0.182. The molecule has 2 nitrogen and oxygen atoms in total. The van der Waals surface area contributed by atoms with Gasteiger partial charge in [-0.2, -0.15) is 13.2 Å². The second-order valence-corrected chi connectivity index (χ2v) is 4.12. The van der Waals surface area contributed by atoms with Crippen molar-refractivity contribution in [3.05, 3.63) is 52.0 Å². The summed E-state index contributed by atoms with van der Waals surface area (Å²) in [5.41, 5.74) is 0.687. The first-order valence-corrected chi connectivity index (χ1v) is 5.66. The molecule has 0 saturated heterocycles. The molecule has 6 heteroatoms. The van der Waals surface area contributed by atoms with Gasteiger partial charge in [0.05, 0.1) is 16.8 Å². The summed E-state index contributed by atoms with van der Waals surface area (Å²) in [6.45, 7) is 0. The number of aromatic nitrogens is 1. The van der Waals surface area contributed by atoms with Crippen LogP contribution >= 0.6 is 11.3 Å². The van der Waals surface area contributed by atoms with E-state index in [1.54, 1.807) is 0 Å². The Hall–Kier alpha value is -1.40. The SMILES string of the molecule is OC(c1cscn1)c1ccccc1C(F)(F)F. The Morgan fingerprint density at radius 3 is 2.53 bits per heavy atom. The zero-order valence-corrected chi connectivity index (χ0v) is 9.29. The Labute approximate surface area is 99.4 Å². The molecule has 1 aromatic heterocycles. The van der Waals surface area contributed by atoms with Crippen LogP contribution in [0.15, 0.2) is 35.2 Å². The summed E-state index contributed by atoms with van der Waals surface area (Å²) in [7, 11) is 0. The molecule has 1 unspecified atom stereocenters. The van der Waals surface area contributed by atoms with Crippen molar-refractivity contribution in [1.82, 2.24) is 4.98 Å². The molecule has 0 fully saturated rings. The molecule has 2 aromatic rings. The van der Waals surface area contributed by atoms with E-state index in [9.17, 15) is 18.3 Å². The normalized spacial score (nSPS) is 13.6. The van der Waals surface area contributed by atoms with Crippen LogP contribution in [-0.4, -0.2) is 10.1 Å². The van der Waals surface area contributed by atoms with Gasteiger partial charge in [0.15, 0.2) is 0 Å². The van der Waals surface area contributed by atoms with Crippen molar-refractivity contribution in [3.8, 4) is 0 Å². The van der Waals surface area contributed by atoms with E-state index in [0.717, 1.165) is 6.07 Å². The fourth-order valence-electron chi connectivity index (χ4n) is 1.51. The first-order valence-electron chi connectivity index (χ1n) is 4.72. The van der Waals surface area contributed by atoms with Crippen molar-refractivity contribution in [2.75, 3.05) is 0 Å². The predicted octanol–water partition coefficient (Wildman–Crippen LogP) is 3.24. The largest absolute Gasteiger partial charge is 0.416 e. The van der Waals surface area contributed by atoms with E-state index in [1.165, 1.54) is 40.4 Å². The van der Waals surface area contributed by atoms with Gasteiger partial charge in [0.25, 0.3) is 0 Å². The summed E-state index contributed by atoms with van der Waals surface area (Å²) < 4.78 is 38.2. The van der Waals surface area contributed by atoms with Gasteiger partial charge in [-0.3, -0.25) is 0 Å². The van der Waals surface area contributed by atoms with Crippen LogP contribution in [0, 0.1) is 0 Å². The summed E-state index contributed by atoms with van der Waals surface area (Å²) in [6, 6.07) is 4.96. The number of hydrogen-bond donors (Lipinski definition) is 1. The molecule has 0 aliphatic rings. The fourth-order valence-corrected chi connectivity index (χ4v) is 2.08. The van der Waals surface area contributed by atoms with Gasteiger partial charge in [0.2, 0.25) is 0 Å². The van der Waals surface area contributed by atoms with Gasteiger partial charge in [-0.15, -0.1) is 11.3 Å². The van der Waals surface area contributed by atoms with Crippen LogP contribution in [0.1, 0.15) is 22.9 Å². The van der Waals surface area contributed by atoms with E-state index in [4.69, 9.17) is 0 Å². The molecule has 0 spiro atoms. The third-order valence-electron chi connectivity index (χ3n) is 2.29. The number of thiazole rings is 1. The molecule has 0 bridgehead atoms. The molecule has 0 radical (unpaired) electrons. The zero-order chi connectivity index (χ0) is 12.5. The lowest BCUT2D eigenvalue weighted by molar-refractivity contribution is -0.139. The standard InChI is InChI=1S/C11H8F3NOS/c12-11(13,14)8-4-2-1-3-7(8)10(16)9-5-17-6-15-9/h1-6,10,16H. The lowest BCUT2D eigenvalue weighted by atomic mass is 10.0. The molecule has 0 saturated carbocycles. The Morgan fingerprint density at radius 2 is 1.94 bits per heavy atom. The lowest BCUT2D eigenvalue weighted by Gasteiger charge is -2.15. The molecular formula is C11H8F3NOS. The van der Waals surface area contributed by atoms with E-state index in [1.807, 2.05) is 0 Å². The number of aliphatic hydroxyl groups is 1. The molecule has 2 rings (SSSR count). The first kappa shape index (κ1) is 12.1. The number of halogens is 3. The van der Waals surface area contributed by atoms with Crippen molar-refractivity contribution >= 4 is 11.3 Å². The van der Waals surface area contributed by atoms with Crippen molar-refractivity contribution < 1.29 is 18.3 Å². The van der Waals surface area contributed by atoms with Gasteiger partial charge in [0, 0.05) is 5.38 Å². The van der Waals surface area contributed by atoms with Crippen molar-refractivity contribution in [2.45, 2.75) is 12.3 Å². The van der Waals surface area contributed by atoms with Crippen LogP contribution in [0.4, 0.5) is 13.2 Å². The summed E-state index contributed by atoms with van der Waals surface area (Å²) in [5, 5.41) is 11.4.